The van der Waals surface area contributed by atoms with Crippen LogP contribution in [-0.4, -0.2) is 58.8 Å². The van der Waals surface area contributed by atoms with Crippen molar-refractivity contribution in [3.63, 3.8) is 0 Å². The number of nitrogens with one attached hydrogen (secondary N) is 1. The van der Waals surface area contributed by atoms with E-state index in [1.54, 1.807) is 12.3 Å². The summed E-state index contributed by atoms with van der Waals surface area (Å²) in [6, 6.07) is 5.52. The average Bonchev–Trinajstić information content (AvgIpc) is 2.67. The van der Waals surface area contributed by atoms with E-state index in [1.165, 1.54) is 12.8 Å². The summed E-state index contributed by atoms with van der Waals surface area (Å²) in [7, 11) is 0. The number of β-amino-alcohol motifs (C(OH)–C–C–N with tert-alkyl or cyclic N) is 1. The number of aliphatic hydroxyl groups excluding tert-OH is 1. The van der Waals surface area contributed by atoms with Crippen molar-refractivity contribution in [2.75, 3.05) is 42.9 Å². The highest BCUT2D eigenvalue weighted by molar-refractivity contribution is 6.35. The molecule has 6 nitrogen and oxygen atoms in total. The number of rotatable bonds is 7. The SMILES string of the molecule is C[C@@H](O)CN1CCC[C@@H](C2CN(c3cncc(N[C@H](C)c4ccc(Cl)cc4Cl)n3)C2)C1. The molecule has 2 aliphatic heterocycles. The molecule has 0 radical (unpaired) electrons. The second kappa shape index (κ2) is 9.90. The maximum absolute atomic E-state index is 9.70. The van der Waals surface area contributed by atoms with Crippen LogP contribution in [0, 0.1) is 11.8 Å². The first-order valence-electron chi connectivity index (χ1n) is 11.1. The quantitative estimate of drug-likeness (QED) is 0.630. The van der Waals surface area contributed by atoms with Crippen molar-refractivity contribution < 1.29 is 5.11 Å². The lowest BCUT2D eigenvalue weighted by Crippen LogP contribution is -2.54. The van der Waals surface area contributed by atoms with Crippen molar-refractivity contribution in [2.45, 2.75) is 38.8 Å². The van der Waals surface area contributed by atoms with Crippen LogP contribution in [0.15, 0.2) is 30.6 Å². The Morgan fingerprint density at radius 1 is 1.16 bits per heavy atom. The number of halogens is 2. The van der Waals surface area contributed by atoms with Crippen LogP contribution >= 0.6 is 23.2 Å². The predicted molar refractivity (Wildman–Crippen MR) is 127 cm³/mol. The first-order valence-corrected chi connectivity index (χ1v) is 11.8. The number of benzene rings is 1. The largest absolute Gasteiger partial charge is 0.392 e. The molecular weight excluding hydrogens is 433 g/mol. The smallest absolute Gasteiger partial charge is 0.149 e. The van der Waals surface area contributed by atoms with Gasteiger partial charge in [-0.25, -0.2) is 4.98 Å². The minimum Gasteiger partial charge on any atom is -0.392 e. The van der Waals surface area contributed by atoms with Crippen molar-refractivity contribution in [3.05, 3.63) is 46.2 Å². The molecule has 0 amide bonds. The molecule has 3 heterocycles. The molecule has 0 bridgehead atoms. The average molecular weight is 464 g/mol. The highest BCUT2D eigenvalue weighted by atomic mass is 35.5. The molecule has 1 aromatic carbocycles. The predicted octanol–water partition coefficient (Wildman–Crippen LogP) is 4.49. The van der Waals surface area contributed by atoms with Crippen molar-refractivity contribution in [1.82, 2.24) is 14.9 Å². The van der Waals surface area contributed by atoms with Crippen molar-refractivity contribution in [1.29, 1.82) is 0 Å². The van der Waals surface area contributed by atoms with Crippen LogP contribution in [0.4, 0.5) is 11.6 Å². The third kappa shape index (κ3) is 5.61. The topological polar surface area (TPSA) is 64.5 Å². The molecule has 8 heteroatoms. The number of likely N-dealkylation sites (tertiary alicyclic amines) is 1. The van der Waals surface area contributed by atoms with Gasteiger partial charge < -0.3 is 20.2 Å². The van der Waals surface area contributed by atoms with E-state index in [2.05, 4.69) is 20.1 Å². The second-order valence-corrected chi connectivity index (χ2v) is 9.81. The zero-order valence-corrected chi connectivity index (χ0v) is 19.6. The normalized spacial score (nSPS) is 22.1. The van der Waals surface area contributed by atoms with E-state index in [0.717, 1.165) is 49.9 Å². The van der Waals surface area contributed by atoms with Gasteiger partial charge in [0.1, 0.15) is 11.6 Å². The zero-order chi connectivity index (χ0) is 22.0. The van der Waals surface area contributed by atoms with Gasteiger partial charge in [-0.2, -0.15) is 0 Å². The lowest BCUT2D eigenvalue weighted by atomic mass is 9.80. The molecule has 4 rings (SSSR count). The summed E-state index contributed by atoms with van der Waals surface area (Å²) in [6.45, 7) is 8.93. The van der Waals surface area contributed by atoms with Crippen LogP contribution < -0.4 is 10.2 Å². The summed E-state index contributed by atoms with van der Waals surface area (Å²) in [4.78, 5) is 13.9. The van der Waals surface area contributed by atoms with E-state index < -0.39 is 0 Å². The third-order valence-corrected chi connectivity index (χ3v) is 6.94. The molecule has 2 N–H and O–H groups in total. The lowest BCUT2D eigenvalue weighted by molar-refractivity contribution is 0.0725. The Kier molecular flexibility index (Phi) is 7.22. The fourth-order valence-electron chi connectivity index (χ4n) is 4.74. The highest BCUT2D eigenvalue weighted by Gasteiger charge is 2.36. The number of hydrogen-bond donors (Lipinski definition) is 2. The standard InChI is InChI=1S/C23H31Cl2N5O/c1-15(31)11-29-7-3-4-17(12-29)18-13-30(14-18)23-10-26-9-22(28-23)27-16(2)20-6-5-19(24)8-21(20)25/h5-6,8-10,15-18,31H,3-4,7,11-14H2,1-2H3,(H,27,28)/t15-,16-,17-/m1/s1. The van der Waals surface area contributed by atoms with Gasteiger partial charge in [-0.3, -0.25) is 4.98 Å². The molecule has 0 saturated carbocycles. The Bertz CT molecular complexity index is 890. The molecular formula is C23H31Cl2N5O. The minimum absolute atomic E-state index is 0.0133. The van der Waals surface area contributed by atoms with Crippen LogP contribution in [0.25, 0.3) is 0 Å². The summed E-state index contributed by atoms with van der Waals surface area (Å²) in [5, 5.41) is 14.4. The molecule has 31 heavy (non-hydrogen) atoms. The number of aliphatic hydroxyl groups is 1. The Morgan fingerprint density at radius 3 is 2.71 bits per heavy atom. The Labute approximate surface area is 194 Å². The molecule has 2 fully saturated rings. The van der Waals surface area contributed by atoms with Gasteiger partial charge in [0.25, 0.3) is 0 Å². The Hall–Kier alpha value is -1.60. The third-order valence-electron chi connectivity index (χ3n) is 6.38. The second-order valence-electron chi connectivity index (χ2n) is 8.97. The molecule has 2 saturated heterocycles. The summed E-state index contributed by atoms with van der Waals surface area (Å²) < 4.78 is 0. The summed E-state index contributed by atoms with van der Waals surface area (Å²) in [6.07, 6.45) is 5.82. The van der Waals surface area contributed by atoms with E-state index in [1.807, 2.05) is 32.2 Å². The molecule has 2 aromatic rings. The minimum atomic E-state index is -0.257. The van der Waals surface area contributed by atoms with Crippen LogP contribution in [-0.2, 0) is 0 Å². The van der Waals surface area contributed by atoms with Crippen LogP contribution in [0.1, 0.15) is 38.3 Å². The molecule has 2 aliphatic rings. The van der Waals surface area contributed by atoms with E-state index in [0.29, 0.717) is 21.9 Å². The monoisotopic (exact) mass is 463 g/mol. The van der Waals surface area contributed by atoms with Gasteiger partial charge in [0.15, 0.2) is 0 Å². The number of hydrogen-bond acceptors (Lipinski definition) is 6. The summed E-state index contributed by atoms with van der Waals surface area (Å²) >= 11 is 12.4. The van der Waals surface area contributed by atoms with Gasteiger partial charge in [0, 0.05) is 36.2 Å². The van der Waals surface area contributed by atoms with E-state index in [4.69, 9.17) is 28.2 Å². The fourth-order valence-corrected chi connectivity index (χ4v) is 5.32. The molecule has 0 unspecified atom stereocenters. The van der Waals surface area contributed by atoms with Gasteiger partial charge in [0.05, 0.1) is 24.5 Å². The van der Waals surface area contributed by atoms with E-state index in [9.17, 15) is 5.11 Å². The maximum Gasteiger partial charge on any atom is 0.149 e. The van der Waals surface area contributed by atoms with Gasteiger partial charge in [-0.05, 0) is 62.8 Å². The zero-order valence-electron chi connectivity index (χ0n) is 18.1. The van der Waals surface area contributed by atoms with Gasteiger partial charge >= 0.3 is 0 Å². The Morgan fingerprint density at radius 2 is 1.97 bits per heavy atom. The molecule has 0 spiro atoms. The first kappa shape index (κ1) is 22.6. The molecule has 1 aromatic heterocycles. The van der Waals surface area contributed by atoms with Gasteiger partial charge in [0.2, 0.25) is 0 Å². The fraction of sp³-hybridized carbons (Fsp3) is 0.565. The molecule has 0 aliphatic carbocycles. The highest BCUT2D eigenvalue weighted by Crippen LogP contribution is 2.34. The summed E-state index contributed by atoms with van der Waals surface area (Å²) in [5.41, 5.74) is 0.973. The number of nitrogens with zero attached hydrogens (tertiary/aromatic N) is 4. The first-order chi connectivity index (χ1) is 14.9. The van der Waals surface area contributed by atoms with Crippen molar-refractivity contribution >= 4 is 34.8 Å². The number of anilines is 2. The summed E-state index contributed by atoms with van der Waals surface area (Å²) in [5.74, 6) is 3.03. The van der Waals surface area contributed by atoms with Crippen LogP contribution in [0.3, 0.4) is 0 Å². The Balaban J connectivity index is 1.33. The van der Waals surface area contributed by atoms with Crippen molar-refractivity contribution in [2.24, 2.45) is 11.8 Å². The maximum atomic E-state index is 9.70. The molecule has 3 atom stereocenters. The van der Waals surface area contributed by atoms with Crippen LogP contribution in [0.5, 0.6) is 0 Å². The van der Waals surface area contributed by atoms with E-state index in [-0.39, 0.29) is 12.1 Å². The lowest BCUT2D eigenvalue weighted by Gasteiger charge is -2.47. The van der Waals surface area contributed by atoms with Gasteiger partial charge in [-0.1, -0.05) is 29.3 Å². The molecule has 168 valence electrons. The van der Waals surface area contributed by atoms with Gasteiger partial charge in [-0.15, -0.1) is 0 Å². The van der Waals surface area contributed by atoms with Crippen LogP contribution in [0.2, 0.25) is 10.0 Å². The number of piperidine rings is 1. The number of aromatic nitrogens is 2. The van der Waals surface area contributed by atoms with E-state index >= 15 is 0 Å². The van der Waals surface area contributed by atoms with Crippen molar-refractivity contribution in [3.8, 4) is 0 Å².